The van der Waals surface area contributed by atoms with Gasteiger partial charge in [0.1, 0.15) is 0 Å². The molecule has 1 aliphatic carbocycles. The fourth-order valence-corrected chi connectivity index (χ4v) is 4.26. The molecule has 0 bridgehead atoms. The van der Waals surface area contributed by atoms with Gasteiger partial charge < -0.3 is 15.0 Å². The molecule has 6 heteroatoms. The molecule has 25 heavy (non-hydrogen) atoms. The first-order valence-corrected chi connectivity index (χ1v) is 9.33. The van der Waals surface area contributed by atoms with Crippen molar-refractivity contribution in [1.82, 2.24) is 10.2 Å². The quantitative estimate of drug-likeness (QED) is 0.893. The van der Waals surface area contributed by atoms with Gasteiger partial charge in [-0.25, -0.2) is 4.79 Å². The maximum absolute atomic E-state index is 13.2. The molecule has 1 aliphatic heterocycles. The number of amides is 2. The van der Waals surface area contributed by atoms with Crippen LogP contribution in [0.5, 0.6) is 0 Å². The number of benzene rings is 1. The number of carbonyl (C=O) groups is 2. The van der Waals surface area contributed by atoms with Gasteiger partial charge in [0, 0.05) is 24.2 Å². The maximum Gasteiger partial charge on any atom is 0.409 e. The van der Waals surface area contributed by atoms with Gasteiger partial charge in [0.05, 0.1) is 12.5 Å². The van der Waals surface area contributed by atoms with E-state index in [2.05, 4.69) is 5.32 Å². The van der Waals surface area contributed by atoms with E-state index < -0.39 is 5.41 Å². The Kier molecular flexibility index (Phi) is 5.52. The summed E-state index contributed by atoms with van der Waals surface area (Å²) in [7, 11) is 1.39. The van der Waals surface area contributed by atoms with Crippen LogP contribution in [0.1, 0.15) is 44.1 Å². The second-order valence-corrected chi connectivity index (χ2v) is 7.44. The molecule has 3 rings (SSSR count). The Morgan fingerprint density at radius 2 is 1.92 bits per heavy atom. The van der Waals surface area contributed by atoms with Crippen LogP contribution in [0, 0.1) is 0 Å². The molecule has 136 valence electrons. The van der Waals surface area contributed by atoms with Crippen molar-refractivity contribution in [3.63, 3.8) is 0 Å². The topological polar surface area (TPSA) is 58.6 Å². The first kappa shape index (κ1) is 18.1. The van der Waals surface area contributed by atoms with Gasteiger partial charge in [0.25, 0.3) is 0 Å². The fourth-order valence-electron chi connectivity index (χ4n) is 4.07. The van der Waals surface area contributed by atoms with Crippen molar-refractivity contribution in [2.45, 2.75) is 50.0 Å². The van der Waals surface area contributed by atoms with Crippen LogP contribution in [0.2, 0.25) is 5.02 Å². The van der Waals surface area contributed by atoms with E-state index in [0.29, 0.717) is 18.1 Å². The van der Waals surface area contributed by atoms with Crippen LogP contribution in [-0.4, -0.2) is 43.1 Å². The predicted octanol–water partition coefficient (Wildman–Crippen LogP) is 3.50. The van der Waals surface area contributed by atoms with Crippen molar-refractivity contribution in [3.05, 3.63) is 34.9 Å². The van der Waals surface area contributed by atoms with E-state index in [1.54, 1.807) is 4.90 Å². The molecular formula is C19H25ClN2O3. The van der Waals surface area contributed by atoms with Gasteiger partial charge in [-0.15, -0.1) is 0 Å². The fraction of sp³-hybridized carbons (Fsp3) is 0.579. The van der Waals surface area contributed by atoms with E-state index in [-0.39, 0.29) is 18.0 Å². The molecule has 1 saturated heterocycles. The Labute approximate surface area is 153 Å². The summed E-state index contributed by atoms with van der Waals surface area (Å²) in [6.45, 7) is 1.23. The molecule has 2 aliphatic rings. The molecule has 1 heterocycles. The van der Waals surface area contributed by atoms with E-state index in [4.69, 9.17) is 16.3 Å². The first-order chi connectivity index (χ1) is 12.0. The zero-order chi connectivity index (χ0) is 17.9. The lowest BCUT2D eigenvalue weighted by Crippen LogP contribution is -2.51. The van der Waals surface area contributed by atoms with Crippen LogP contribution in [0.3, 0.4) is 0 Å². The Bertz CT molecular complexity index is 635. The van der Waals surface area contributed by atoms with Crippen LogP contribution in [-0.2, 0) is 14.9 Å². The number of carbonyl (C=O) groups excluding carboxylic acids is 2. The molecule has 0 unspecified atom stereocenters. The number of nitrogens with zero attached hydrogens (tertiary/aromatic N) is 1. The molecule has 0 radical (unpaired) electrons. The zero-order valence-corrected chi connectivity index (χ0v) is 15.3. The van der Waals surface area contributed by atoms with Crippen LogP contribution in [0.15, 0.2) is 24.3 Å². The van der Waals surface area contributed by atoms with Crippen molar-refractivity contribution in [2.24, 2.45) is 0 Å². The Morgan fingerprint density at radius 3 is 2.52 bits per heavy atom. The minimum Gasteiger partial charge on any atom is -0.453 e. The normalized spacial score (nSPS) is 20.3. The third-order valence-corrected chi connectivity index (χ3v) is 5.77. The summed E-state index contributed by atoms with van der Waals surface area (Å²) in [4.78, 5) is 26.4. The SMILES string of the molecule is COC(=O)N1CCC(NC(=O)C2(c3cccc(Cl)c3)CCCC2)CC1. The van der Waals surface area contributed by atoms with Gasteiger partial charge in [-0.05, 0) is 43.4 Å². The number of methoxy groups -OCH3 is 1. The Hall–Kier alpha value is -1.75. The standard InChI is InChI=1S/C19H25ClN2O3/c1-25-18(24)22-11-7-16(8-12-22)21-17(23)19(9-2-3-10-19)14-5-4-6-15(20)13-14/h4-6,13,16H,2-3,7-12H2,1H3,(H,21,23). The summed E-state index contributed by atoms with van der Waals surface area (Å²) in [5.41, 5.74) is 0.548. The summed E-state index contributed by atoms with van der Waals surface area (Å²) in [5.74, 6) is 0.101. The van der Waals surface area contributed by atoms with Crippen LogP contribution in [0.25, 0.3) is 0 Å². The minimum atomic E-state index is -0.468. The lowest BCUT2D eigenvalue weighted by Gasteiger charge is -2.35. The third-order valence-electron chi connectivity index (χ3n) is 5.53. The van der Waals surface area contributed by atoms with Crippen LogP contribution >= 0.6 is 11.6 Å². The number of hydrogen-bond donors (Lipinski definition) is 1. The van der Waals surface area contributed by atoms with Gasteiger partial charge in [-0.3, -0.25) is 4.79 Å². The first-order valence-electron chi connectivity index (χ1n) is 8.95. The summed E-state index contributed by atoms with van der Waals surface area (Å²) in [6.07, 6.45) is 5.05. The highest BCUT2D eigenvalue weighted by Crippen LogP contribution is 2.42. The largest absolute Gasteiger partial charge is 0.453 e. The number of halogens is 1. The van der Waals surface area contributed by atoms with Gasteiger partial charge in [0.15, 0.2) is 0 Å². The highest BCUT2D eigenvalue weighted by molar-refractivity contribution is 6.30. The van der Waals surface area contributed by atoms with Crippen molar-refractivity contribution in [3.8, 4) is 0 Å². The van der Waals surface area contributed by atoms with Gasteiger partial charge in [0.2, 0.25) is 5.91 Å². The summed E-state index contributed by atoms with van der Waals surface area (Å²) in [6, 6.07) is 7.79. The highest BCUT2D eigenvalue weighted by Gasteiger charge is 2.43. The molecule has 0 spiro atoms. The smallest absolute Gasteiger partial charge is 0.409 e. The average molecular weight is 365 g/mol. The molecule has 0 aromatic heterocycles. The molecule has 1 aromatic carbocycles. The highest BCUT2D eigenvalue weighted by atomic mass is 35.5. The zero-order valence-electron chi connectivity index (χ0n) is 14.6. The number of rotatable bonds is 3. The molecule has 2 amide bonds. The van der Waals surface area contributed by atoms with E-state index in [9.17, 15) is 9.59 Å². The number of hydrogen-bond acceptors (Lipinski definition) is 3. The second-order valence-electron chi connectivity index (χ2n) is 7.00. The van der Waals surface area contributed by atoms with Crippen molar-refractivity contribution >= 4 is 23.6 Å². The monoisotopic (exact) mass is 364 g/mol. The van der Waals surface area contributed by atoms with Crippen LogP contribution < -0.4 is 5.32 Å². The van der Waals surface area contributed by atoms with Crippen LogP contribution in [0.4, 0.5) is 4.79 Å². The third kappa shape index (κ3) is 3.76. The van der Waals surface area contributed by atoms with Gasteiger partial charge >= 0.3 is 6.09 Å². The number of piperidine rings is 1. The maximum atomic E-state index is 13.2. The van der Waals surface area contributed by atoms with Crippen molar-refractivity contribution < 1.29 is 14.3 Å². The van der Waals surface area contributed by atoms with Gasteiger partial charge in [-0.2, -0.15) is 0 Å². The lowest BCUT2D eigenvalue weighted by atomic mass is 9.77. The van der Waals surface area contributed by atoms with E-state index in [1.165, 1.54) is 7.11 Å². The predicted molar refractivity (Wildman–Crippen MR) is 96.7 cm³/mol. The molecule has 0 atom stereocenters. The van der Waals surface area contributed by atoms with Crippen molar-refractivity contribution in [1.29, 1.82) is 0 Å². The van der Waals surface area contributed by atoms with E-state index >= 15 is 0 Å². The van der Waals surface area contributed by atoms with E-state index in [1.807, 2.05) is 24.3 Å². The molecule has 1 aromatic rings. The van der Waals surface area contributed by atoms with Crippen molar-refractivity contribution in [2.75, 3.05) is 20.2 Å². The number of ether oxygens (including phenoxy) is 1. The molecule has 1 saturated carbocycles. The lowest BCUT2D eigenvalue weighted by molar-refractivity contribution is -0.127. The average Bonchev–Trinajstić information content (AvgIpc) is 3.13. The molecule has 2 fully saturated rings. The Balaban J connectivity index is 1.68. The summed E-state index contributed by atoms with van der Waals surface area (Å²) >= 11 is 6.16. The molecular weight excluding hydrogens is 340 g/mol. The molecule has 5 nitrogen and oxygen atoms in total. The van der Waals surface area contributed by atoms with E-state index in [0.717, 1.165) is 44.1 Å². The summed E-state index contributed by atoms with van der Waals surface area (Å²) in [5, 5.41) is 3.91. The second kappa shape index (κ2) is 7.65. The number of likely N-dealkylation sites (tertiary alicyclic amines) is 1. The van der Waals surface area contributed by atoms with Gasteiger partial charge in [-0.1, -0.05) is 36.6 Å². The molecule has 1 N–H and O–H groups in total. The minimum absolute atomic E-state index is 0.101. The summed E-state index contributed by atoms with van der Waals surface area (Å²) < 4.78 is 4.76. The Morgan fingerprint density at radius 1 is 1.24 bits per heavy atom. The number of nitrogens with one attached hydrogen (secondary N) is 1.